The molecule has 1 N–H and O–H groups in total. The summed E-state index contributed by atoms with van der Waals surface area (Å²) in [6, 6.07) is 3.62. The van der Waals surface area contributed by atoms with Crippen LogP contribution in [0.4, 0.5) is 20.2 Å². The van der Waals surface area contributed by atoms with E-state index in [2.05, 4.69) is 15.2 Å². The number of ether oxygens (including phenoxy) is 1. The molecule has 1 amide bonds. The Kier molecular flexibility index (Phi) is 5.63. The number of hydrogen-bond acceptors (Lipinski definition) is 5. The maximum absolute atomic E-state index is 12.5. The molecule has 0 bridgehead atoms. The Morgan fingerprint density at radius 1 is 1.48 bits per heavy atom. The van der Waals surface area contributed by atoms with Gasteiger partial charge in [0.05, 0.1) is 10.6 Å². The number of alkyl halides is 2. The molecular weight excluding hydrogens is 338 g/mol. The van der Waals surface area contributed by atoms with Crippen LogP contribution in [0.1, 0.15) is 24.9 Å². The molecule has 1 aromatic heterocycles. The molecule has 134 valence electrons. The van der Waals surface area contributed by atoms with Crippen molar-refractivity contribution < 1.29 is 23.2 Å². The zero-order valence-corrected chi connectivity index (χ0v) is 13.5. The topological polar surface area (TPSA) is 99.3 Å². The van der Waals surface area contributed by atoms with Gasteiger partial charge < -0.3 is 10.1 Å². The number of benzene rings is 1. The van der Waals surface area contributed by atoms with E-state index in [0.717, 1.165) is 17.1 Å². The summed E-state index contributed by atoms with van der Waals surface area (Å²) in [6.07, 6.45) is 2.47. The SMILES string of the molecule is CCC(C(=O)Nc1ccc(C)cc1OC(F)F)n1cc([N+](=O)[O-])cn1. The van der Waals surface area contributed by atoms with Gasteiger partial charge in [-0.2, -0.15) is 13.9 Å². The highest BCUT2D eigenvalue weighted by molar-refractivity contribution is 5.95. The van der Waals surface area contributed by atoms with Gasteiger partial charge in [0.1, 0.15) is 24.2 Å². The van der Waals surface area contributed by atoms with Gasteiger partial charge in [0.25, 0.3) is 0 Å². The Balaban J connectivity index is 2.23. The van der Waals surface area contributed by atoms with Crippen molar-refractivity contribution in [1.82, 2.24) is 9.78 Å². The van der Waals surface area contributed by atoms with Crippen molar-refractivity contribution in [2.75, 3.05) is 5.32 Å². The van der Waals surface area contributed by atoms with Crippen molar-refractivity contribution in [1.29, 1.82) is 0 Å². The summed E-state index contributed by atoms with van der Waals surface area (Å²) in [5.74, 6) is -0.715. The number of nitrogens with zero attached hydrogens (tertiary/aromatic N) is 3. The number of nitro groups is 1. The van der Waals surface area contributed by atoms with Crippen LogP contribution in [0, 0.1) is 17.0 Å². The first-order valence-electron chi connectivity index (χ1n) is 7.36. The van der Waals surface area contributed by atoms with E-state index < -0.39 is 23.5 Å². The monoisotopic (exact) mass is 354 g/mol. The fraction of sp³-hybridized carbons (Fsp3) is 0.333. The zero-order chi connectivity index (χ0) is 18.6. The molecule has 0 aliphatic heterocycles. The van der Waals surface area contributed by atoms with Crippen molar-refractivity contribution in [3.63, 3.8) is 0 Å². The molecule has 2 aromatic rings. The molecule has 0 fully saturated rings. The molecule has 1 unspecified atom stereocenters. The lowest BCUT2D eigenvalue weighted by Gasteiger charge is -2.17. The maximum atomic E-state index is 12.5. The lowest BCUT2D eigenvalue weighted by Crippen LogP contribution is -2.26. The van der Waals surface area contributed by atoms with Crippen LogP contribution in [0.3, 0.4) is 0 Å². The summed E-state index contributed by atoms with van der Waals surface area (Å²) >= 11 is 0. The van der Waals surface area contributed by atoms with Crippen LogP contribution >= 0.6 is 0 Å². The Hall–Kier alpha value is -3.04. The minimum absolute atomic E-state index is 0.0796. The summed E-state index contributed by atoms with van der Waals surface area (Å²) in [6.45, 7) is 0.360. The molecule has 10 heteroatoms. The molecule has 0 aliphatic carbocycles. The number of aryl methyl sites for hydroxylation is 1. The van der Waals surface area contributed by atoms with Crippen molar-refractivity contribution in [3.05, 3.63) is 46.3 Å². The Morgan fingerprint density at radius 3 is 2.76 bits per heavy atom. The van der Waals surface area contributed by atoms with Crippen LogP contribution in [0.2, 0.25) is 0 Å². The van der Waals surface area contributed by atoms with E-state index in [1.807, 2.05) is 0 Å². The normalized spacial score (nSPS) is 12.0. The number of carbonyl (C=O) groups excluding carboxylic acids is 1. The van der Waals surface area contributed by atoms with Crippen molar-refractivity contribution >= 4 is 17.3 Å². The van der Waals surface area contributed by atoms with E-state index in [-0.39, 0.29) is 17.1 Å². The standard InChI is InChI=1S/C15H16F2N4O4/c1-3-12(20-8-10(7-18-20)21(23)24)14(22)19-11-5-4-9(2)6-13(11)25-15(16)17/h4-8,12,15H,3H2,1-2H3,(H,19,22). The van der Waals surface area contributed by atoms with Crippen LogP contribution < -0.4 is 10.1 Å². The number of hydrogen-bond donors (Lipinski definition) is 1. The van der Waals surface area contributed by atoms with Gasteiger partial charge in [-0.05, 0) is 31.0 Å². The molecule has 1 atom stereocenters. The molecular formula is C15H16F2N4O4. The van der Waals surface area contributed by atoms with E-state index in [1.165, 1.54) is 12.1 Å². The van der Waals surface area contributed by atoms with Crippen molar-refractivity contribution in [2.24, 2.45) is 0 Å². The number of rotatable bonds is 7. The van der Waals surface area contributed by atoms with Gasteiger partial charge in [-0.3, -0.25) is 19.6 Å². The number of nitrogens with one attached hydrogen (secondary N) is 1. The van der Waals surface area contributed by atoms with E-state index in [4.69, 9.17) is 0 Å². The number of anilines is 1. The maximum Gasteiger partial charge on any atom is 0.387 e. The van der Waals surface area contributed by atoms with Crippen LogP contribution in [0.5, 0.6) is 5.75 Å². The highest BCUT2D eigenvalue weighted by atomic mass is 19.3. The third kappa shape index (κ3) is 4.49. The fourth-order valence-corrected chi connectivity index (χ4v) is 2.23. The minimum atomic E-state index is -3.03. The summed E-state index contributed by atoms with van der Waals surface area (Å²) in [5, 5.41) is 17.1. The predicted octanol–water partition coefficient (Wildman–Crippen LogP) is 3.29. The molecule has 25 heavy (non-hydrogen) atoms. The van der Waals surface area contributed by atoms with Crippen LogP contribution in [0.15, 0.2) is 30.6 Å². The third-order valence-corrected chi connectivity index (χ3v) is 3.42. The first-order valence-corrected chi connectivity index (χ1v) is 7.36. The molecule has 0 aliphatic rings. The molecule has 1 aromatic carbocycles. The number of amides is 1. The van der Waals surface area contributed by atoms with Gasteiger partial charge in [-0.25, -0.2) is 0 Å². The zero-order valence-electron chi connectivity index (χ0n) is 13.5. The molecule has 0 radical (unpaired) electrons. The molecule has 0 saturated heterocycles. The summed E-state index contributed by atoms with van der Waals surface area (Å²) in [7, 11) is 0. The lowest BCUT2D eigenvalue weighted by atomic mass is 10.1. The highest BCUT2D eigenvalue weighted by Crippen LogP contribution is 2.28. The van der Waals surface area contributed by atoms with E-state index >= 15 is 0 Å². The van der Waals surface area contributed by atoms with E-state index in [1.54, 1.807) is 19.9 Å². The predicted molar refractivity (Wildman–Crippen MR) is 84.7 cm³/mol. The first kappa shape index (κ1) is 18.3. The summed E-state index contributed by atoms with van der Waals surface area (Å²) in [5.41, 5.74) is 0.516. The smallest absolute Gasteiger partial charge is 0.387 e. The minimum Gasteiger partial charge on any atom is -0.433 e. The Labute approximate surface area is 141 Å². The largest absolute Gasteiger partial charge is 0.433 e. The van der Waals surface area contributed by atoms with Gasteiger partial charge in [-0.15, -0.1) is 0 Å². The molecule has 2 rings (SSSR count). The molecule has 1 heterocycles. The number of aromatic nitrogens is 2. The quantitative estimate of drug-likeness (QED) is 0.607. The van der Waals surface area contributed by atoms with E-state index in [0.29, 0.717) is 12.0 Å². The highest BCUT2D eigenvalue weighted by Gasteiger charge is 2.23. The van der Waals surface area contributed by atoms with Crippen molar-refractivity contribution in [2.45, 2.75) is 32.9 Å². The second-order valence-corrected chi connectivity index (χ2v) is 5.23. The Morgan fingerprint density at radius 2 is 2.20 bits per heavy atom. The van der Waals surface area contributed by atoms with Gasteiger partial charge >= 0.3 is 12.3 Å². The lowest BCUT2D eigenvalue weighted by molar-refractivity contribution is -0.385. The van der Waals surface area contributed by atoms with E-state index in [9.17, 15) is 23.7 Å². The summed E-state index contributed by atoms with van der Waals surface area (Å²) in [4.78, 5) is 22.6. The number of halogens is 2. The van der Waals surface area contributed by atoms with Crippen LogP contribution in [-0.4, -0.2) is 27.2 Å². The van der Waals surface area contributed by atoms with Crippen LogP contribution in [-0.2, 0) is 4.79 Å². The average Bonchev–Trinajstić information content (AvgIpc) is 3.00. The third-order valence-electron chi connectivity index (χ3n) is 3.42. The molecule has 8 nitrogen and oxygen atoms in total. The molecule has 0 spiro atoms. The second kappa shape index (κ2) is 7.69. The first-order chi connectivity index (χ1) is 11.8. The van der Waals surface area contributed by atoms with Crippen molar-refractivity contribution in [3.8, 4) is 5.75 Å². The van der Waals surface area contributed by atoms with Gasteiger partial charge in [0.15, 0.2) is 0 Å². The molecule has 0 saturated carbocycles. The Bertz CT molecular complexity index is 779. The van der Waals surface area contributed by atoms with Crippen LogP contribution in [0.25, 0.3) is 0 Å². The fourth-order valence-electron chi connectivity index (χ4n) is 2.23. The van der Waals surface area contributed by atoms with Gasteiger partial charge in [0.2, 0.25) is 5.91 Å². The van der Waals surface area contributed by atoms with Gasteiger partial charge in [-0.1, -0.05) is 13.0 Å². The second-order valence-electron chi connectivity index (χ2n) is 5.23. The number of carbonyl (C=O) groups is 1. The van der Waals surface area contributed by atoms with Gasteiger partial charge in [0, 0.05) is 0 Å². The summed E-state index contributed by atoms with van der Waals surface area (Å²) < 4.78 is 30.6. The average molecular weight is 354 g/mol.